The van der Waals surface area contributed by atoms with Crippen molar-refractivity contribution in [3.8, 4) is 0 Å². The van der Waals surface area contributed by atoms with Gasteiger partial charge in [-0.1, -0.05) is 40.2 Å². The van der Waals surface area contributed by atoms with E-state index in [2.05, 4.69) is 31.9 Å². The number of nitrogens with one attached hydrogen (secondary N) is 3. The van der Waals surface area contributed by atoms with Gasteiger partial charge in [-0.25, -0.2) is 4.79 Å². The zero-order chi connectivity index (χ0) is 18.0. The van der Waals surface area contributed by atoms with Crippen molar-refractivity contribution >= 4 is 33.6 Å². The molecule has 3 rings (SSSR count). The summed E-state index contributed by atoms with van der Waals surface area (Å²) in [5, 5.41) is 8.42. The highest BCUT2D eigenvalue weighted by molar-refractivity contribution is 9.10. The molecule has 1 aliphatic heterocycles. The molecule has 0 saturated heterocycles. The molecule has 25 heavy (non-hydrogen) atoms. The van der Waals surface area contributed by atoms with Crippen LogP contribution in [0.4, 0.5) is 10.5 Å². The summed E-state index contributed by atoms with van der Waals surface area (Å²) in [7, 11) is 0. The third-order valence-corrected chi connectivity index (χ3v) is 4.52. The summed E-state index contributed by atoms with van der Waals surface area (Å²) in [6.07, 6.45) is 0. The van der Waals surface area contributed by atoms with Crippen molar-refractivity contribution in [1.29, 1.82) is 0 Å². The van der Waals surface area contributed by atoms with Gasteiger partial charge in [0.2, 0.25) is 0 Å². The summed E-state index contributed by atoms with van der Waals surface area (Å²) < 4.78 is 0.933. The number of carbonyl (C=O) groups is 2. The highest BCUT2D eigenvalue weighted by Crippen LogP contribution is 2.28. The molecule has 2 aromatic carbocycles. The Labute approximate surface area is 154 Å². The normalized spacial score (nSPS) is 16.9. The van der Waals surface area contributed by atoms with Crippen molar-refractivity contribution in [3.05, 3.63) is 75.4 Å². The molecule has 0 fully saturated rings. The first kappa shape index (κ1) is 17.2. The van der Waals surface area contributed by atoms with Crippen molar-refractivity contribution in [2.24, 2.45) is 0 Å². The molecular weight excluding hydrogens is 382 g/mol. The summed E-state index contributed by atoms with van der Waals surface area (Å²) in [6, 6.07) is 14.3. The molecule has 128 valence electrons. The van der Waals surface area contributed by atoms with E-state index in [9.17, 15) is 9.59 Å². The zero-order valence-corrected chi connectivity index (χ0v) is 15.5. The molecule has 2 aromatic rings. The number of hydrogen-bond acceptors (Lipinski definition) is 2. The van der Waals surface area contributed by atoms with E-state index in [4.69, 9.17) is 0 Å². The summed E-state index contributed by atoms with van der Waals surface area (Å²) in [5.74, 6) is -0.247. The first-order valence-electron chi connectivity index (χ1n) is 7.86. The standard InChI is InChI=1S/C19H18BrN3O2/c1-11-4-3-5-15(10-11)22-18(24)16-12(2)21-19(25)23-17(16)13-6-8-14(20)9-7-13/h3-10,17H,1-2H3,(H,22,24)(H2,21,23,25). The van der Waals surface area contributed by atoms with E-state index in [1.54, 1.807) is 6.92 Å². The quantitative estimate of drug-likeness (QED) is 0.728. The maximum Gasteiger partial charge on any atom is 0.319 e. The molecule has 1 atom stereocenters. The van der Waals surface area contributed by atoms with E-state index in [0.29, 0.717) is 11.3 Å². The predicted molar refractivity (Wildman–Crippen MR) is 101 cm³/mol. The maximum atomic E-state index is 12.9. The van der Waals surface area contributed by atoms with E-state index in [1.165, 1.54) is 0 Å². The fourth-order valence-corrected chi connectivity index (χ4v) is 3.09. The molecule has 0 aromatic heterocycles. The van der Waals surface area contributed by atoms with Crippen LogP contribution in [0.15, 0.2) is 64.3 Å². The Morgan fingerprint density at radius 1 is 1.12 bits per heavy atom. The first-order valence-corrected chi connectivity index (χ1v) is 8.65. The Morgan fingerprint density at radius 3 is 2.52 bits per heavy atom. The molecule has 3 N–H and O–H groups in total. The molecule has 1 heterocycles. The van der Waals surface area contributed by atoms with Gasteiger partial charge in [-0.3, -0.25) is 4.79 Å². The number of benzene rings is 2. The minimum atomic E-state index is -0.508. The molecule has 1 aliphatic rings. The van der Waals surface area contributed by atoms with Crippen molar-refractivity contribution < 1.29 is 9.59 Å². The van der Waals surface area contributed by atoms with Crippen molar-refractivity contribution in [2.75, 3.05) is 5.32 Å². The van der Waals surface area contributed by atoms with E-state index in [0.717, 1.165) is 21.3 Å². The van der Waals surface area contributed by atoms with Gasteiger partial charge in [0.05, 0.1) is 11.6 Å². The van der Waals surface area contributed by atoms with Crippen LogP contribution in [0.1, 0.15) is 24.1 Å². The number of urea groups is 1. The minimum absolute atomic E-state index is 0.247. The van der Waals surface area contributed by atoms with Gasteiger partial charge in [0.15, 0.2) is 0 Å². The fourth-order valence-electron chi connectivity index (χ4n) is 2.82. The number of rotatable bonds is 3. The lowest BCUT2D eigenvalue weighted by Gasteiger charge is -2.28. The fraction of sp³-hybridized carbons (Fsp3) is 0.158. The number of carbonyl (C=O) groups excluding carboxylic acids is 2. The van der Waals surface area contributed by atoms with Gasteiger partial charge in [-0.2, -0.15) is 0 Å². The Hall–Kier alpha value is -2.60. The van der Waals surface area contributed by atoms with E-state index in [1.807, 2.05) is 55.5 Å². The van der Waals surface area contributed by atoms with Crippen LogP contribution >= 0.6 is 15.9 Å². The number of aryl methyl sites for hydroxylation is 1. The second-order valence-electron chi connectivity index (χ2n) is 5.95. The van der Waals surface area contributed by atoms with E-state index in [-0.39, 0.29) is 11.9 Å². The number of amides is 3. The van der Waals surface area contributed by atoms with Crippen molar-refractivity contribution in [3.63, 3.8) is 0 Å². The molecule has 0 bridgehead atoms. The highest BCUT2D eigenvalue weighted by atomic mass is 79.9. The highest BCUT2D eigenvalue weighted by Gasteiger charge is 2.31. The predicted octanol–water partition coefficient (Wildman–Crippen LogP) is 4.02. The van der Waals surface area contributed by atoms with Crippen LogP contribution in [0.2, 0.25) is 0 Å². The third kappa shape index (κ3) is 3.91. The smallest absolute Gasteiger partial charge is 0.319 e. The lowest BCUT2D eigenvalue weighted by atomic mass is 9.95. The molecule has 5 nitrogen and oxygen atoms in total. The van der Waals surface area contributed by atoms with Crippen molar-refractivity contribution in [2.45, 2.75) is 19.9 Å². The second-order valence-corrected chi connectivity index (χ2v) is 6.86. The molecule has 0 saturated carbocycles. The molecule has 1 unspecified atom stereocenters. The van der Waals surface area contributed by atoms with Gasteiger partial charge in [-0.05, 0) is 49.2 Å². The monoisotopic (exact) mass is 399 g/mol. The van der Waals surface area contributed by atoms with Crippen LogP contribution in [0.5, 0.6) is 0 Å². The van der Waals surface area contributed by atoms with Crippen LogP contribution in [-0.4, -0.2) is 11.9 Å². The number of allylic oxidation sites excluding steroid dienone is 1. The van der Waals surface area contributed by atoms with E-state index >= 15 is 0 Å². The van der Waals surface area contributed by atoms with Gasteiger partial charge in [0.1, 0.15) is 0 Å². The van der Waals surface area contributed by atoms with Crippen LogP contribution in [-0.2, 0) is 4.79 Å². The zero-order valence-electron chi connectivity index (χ0n) is 13.9. The van der Waals surface area contributed by atoms with Crippen molar-refractivity contribution in [1.82, 2.24) is 10.6 Å². The third-order valence-electron chi connectivity index (χ3n) is 3.99. The lowest BCUT2D eigenvalue weighted by molar-refractivity contribution is -0.113. The Morgan fingerprint density at radius 2 is 1.84 bits per heavy atom. The number of hydrogen-bond donors (Lipinski definition) is 3. The minimum Gasteiger partial charge on any atom is -0.327 e. The molecule has 0 aliphatic carbocycles. The molecule has 0 radical (unpaired) electrons. The number of halogens is 1. The largest absolute Gasteiger partial charge is 0.327 e. The Balaban J connectivity index is 1.94. The summed E-state index contributed by atoms with van der Waals surface area (Å²) in [6.45, 7) is 3.70. The van der Waals surface area contributed by atoms with Crippen LogP contribution in [0.25, 0.3) is 0 Å². The molecule has 0 spiro atoms. The van der Waals surface area contributed by atoms with Gasteiger partial charge in [-0.15, -0.1) is 0 Å². The summed E-state index contributed by atoms with van der Waals surface area (Å²) in [5.41, 5.74) is 3.65. The number of anilines is 1. The molecule has 3 amide bonds. The Kier molecular flexibility index (Phi) is 4.90. The SMILES string of the molecule is CC1=C(C(=O)Nc2cccc(C)c2)C(c2ccc(Br)cc2)NC(=O)N1. The molecule has 6 heteroatoms. The van der Waals surface area contributed by atoms with Crippen LogP contribution in [0, 0.1) is 6.92 Å². The van der Waals surface area contributed by atoms with Crippen LogP contribution < -0.4 is 16.0 Å². The lowest BCUT2D eigenvalue weighted by Crippen LogP contribution is -2.45. The second kappa shape index (κ2) is 7.11. The Bertz CT molecular complexity index is 859. The van der Waals surface area contributed by atoms with Gasteiger partial charge < -0.3 is 16.0 Å². The van der Waals surface area contributed by atoms with Gasteiger partial charge >= 0.3 is 6.03 Å². The summed E-state index contributed by atoms with van der Waals surface area (Å²) in [4.78, 5) is 24.8. The van der Waals surface area contributed by atoms with E-state index < -0.39 is 6.04 Å². The first-order chi connectivity index (χ1) is 11.9. The van der Waals surface area contributed by atoms with Crippen LogP contribution in [0.3, 0.4) is 0 Å². The topological polar surface area (TPSA) is 70.2 Å². The molecular formula is C19H18BrN3O2. The average Bonchev–Trinajstić information content (AvgIpc) is 2.54. The maximum absolute atomic E-state index is 12.9. The average molecular weight is 400 g/mol. The summed E-state index contributed by atoms with van der Waals surface area (Å²) >= 11 is 3.40. The van der Waals surface area contributed by atoms with Gasteiger partial charge in [0.25, 0.3) is 5.91 Å². The van der Waals surface area contributed by atoms with Gasteiger partial charge in [0, 0.05) is 15.9 Å².